The molecule has 1 fully saturated rings. The average Bonchev–Trinajstić information content (AvgIpc) is 3.25. The summed E-state index contributed by atoms with van der Waals surface area (Å²) >= 11 is 1.53. The predicted octanol–water partition coefficient (Wildman–Crippen LogP) is 4.79. The monoisotopic (exact) mass is 407 g/mol. The van der Waals surface area contributed by atoms with E-state index in [1.54, 1.807) is 6.07 Å². The van der Waals surface area contributed by atoms with Crippen molar-refractivity contribution in [2.45, 2.75) is 44.6 Å². The summed E-state index contributed by atoms with van der Waals surface area (Å²) in [5, 5.41) is 22.2. The molecule has 1 aliphatic heterocycles. The summed E-state index contributed by atoms with van der Waals surface area (Å²) in [5.41, 5.74) is 3.38. The van der Waals surface area contributed by atoms with Gasteiger partial charge in [-0.3, -0.25) is 4.79 Å². The number of hydrogen-bond acceptors (Lipinski definition) is 5. The summed E-state index contributed by atoms with van der Waals surface area (Å²) in [6, 6.07) is 11.6. The van der Waals surface area contributed by atoms with Crippen molar-refractivity contribution >= 4 is 34.2 Å². The van der Waals surface area contributed by atoms with Crippen molar-refractivity contribution in [3.8, 4) is 6.07 Å². The molecule has 6 heteroatoms. The highest BCUT2D eigenvalue weighted by Gasteiger charge is 2.20. The van der Waals surface area contributed by atoms with E-state index in [1.165, 1.54) is 34.6 Å². The lowest BCUT2D eigenvalue weighted by atomic mass is 9.99. The molecule has 2 heterocycles. The van der Waals surface area contributed by atoms with Crippen LogP contribution in [0.4, 0.5) is 11.4 Å². The molecule has 2 N–H and O–H groups in total. The highest BCUT2D eigenvalue weighted by molar-refractivity contribution is 7.15. The Bertz CT molecular complexity index is 965. The van der Waals surface area contributed by atoms with E-state index < -0.39 is 0 Å². The van der Waals surface area contributed by atoms with Crippen LogP contribution in [0.1, 0.15) is 58.6 Å². The van der Waals surface area contributed by atoms with Crippen molar-refractivity contribution in [2.75, 3.05) is 23.3 Å². The second-order valence-electron chi connectivity index (χ2n) is 7.66. The quantitative estimate of drug-likeness (QED) is 0.764. The minimum atomic E-state index is -0.254. The lowest BCUT2D eigenvalue weighted by Gasteiger charge is -2.32. The fourth-order valence-corrected chi connectivity index (χ4v) is 4.94. The first-order valence-corrected chi connectivity index (χ1v) is 11.0. The lowest BCUT2D eigenvalue weighted by molar-refractivity contribution is 0.103. The van der Waals surface area contributed by atoms with Gasteiger partial charge in [0.1, 0.15) is 6.07 Å². The van der Waals surface area contributed by atoms with Gasteiger partial charge in [-0.25, -0.2) is 0 Å². The maximum Gasteiger partial charge on any atom is 0.265 e. The molecular formula is C23H25N3O2S. The topological polar surface area (TPSA) is 76.4 Å². The van der Waals surface area contributed by atoms with E-state index in [4.69, 9.17) is 0 Å². The number of carbonyl (C=O) groups is 1. The van der Waals surface area contributed by atoms with Crippen molar-refractivity contribution in [3.05, 3.63) is 51.7 Å². The number of rotatable bonds is 4. The van der Waals surface area contributed by atoms with E-state index in [0.717, 1.165) is 31.6 Å². The van der Waals surface area contributed by atoms with Crippen LogP contribution in [0.2, 0.25) is 0 Å². The summed E-state index contributed by atoms with van der Waals surface area (Å²) < 4.78 is 0. The molecule has 0 spiro atoms. The first-order chi connectivity index (χ1) is 14.1. The van der Waals surface area contributed by atoms with Crippen molar-refractivity contribution in [1.82, 2.24) is 0 Å². The van der Waals surface area contributed by atoms with Crippen LogP contribution in [-0.4, -0.2) is 30.2 Å². The van der Waals surface area contributed by atoms with Gasteiger partial charge in [0, 0.05) is 23.7 Å². The smallest absolute Gasteiger partial charge is 0.265 e. The number of hydrogen-bond donors (Lipinski definition) is 2. The Morgan fingerprint density at radius 1 is 1.21 bits per heavy atom. The molecule has 0 unspecified atom stereocenters. The van der Waals surface area contributed by atoms with Gasteiger partial charge in [0.15, 0.2) is 0 Å². The number of piperidine rings is 1. The Morgan fingerprint density at radius 2 is 2.03 bits per heavy atom. The summed E-state index contributed by atoms with van der Waals surface area (Å²) in [7, 11) is 0. The van der Waals surface area contributed by atoms with Crippen molar-refractivity contribution in [3.63, 3.8) is 0 Å². The molecular weight excluding hydrogens is 382 g/mol. The standard InChI is InChI=1S/C23H25N3O2S/c24-15-17-14-18(6-7-20(17)26-12-10-19(27)11-13-26)25-23(28)22-9-8-21(29-22)16-4-2-1-3-5-16/h4,6-9,14,19,27H,1-3,5,10-13H2,(H,25,28). The molecule has 29 heavy (non-hydrogen) atoms. The second-order valence-corrected chi connectivity index (χ2v) is 8.74. The SMILES string of the molecule is N#Cc1cc(NC(=O)c2ccc(C3=CCCCC3)s2)ccc1N1CCC(O)CC1. The van der Waals surface area contributed by atoms with E-state index in [0.29, 0.717) is 29.0 Å². The van der Waals surface area contributed by atoms with Gasteiger partial charge >= 0.3 is 0 Å². The second kappa shape index (κ2) is 8.81. The molecule has 1 aromatic carbocycles. The van der Waals surface area contributed by atoms with E-state index >= 15 is 0 Å². The van der Waals surface area contributed by atoms with E-state index in [-0.39, 0.29) is 12.0 Å². The minimum absolute atomic E-state index is 0.143. The Morgan fingerprint density at radius 3 is 2.76 bits per heavy atom. The highest BCUT2D eigenvalue weighted by Crippen LogP contribution is 2.32. The van der Waals surface area contributed by atoms with Crippen LogP contribution in [0, 0.1) is 11.3 Å². The number of aliphatic hydroxyl groups is 1. The molecule has 1 aromatic heterocycles. The van der Waals surface area contributed by atoms with Gasteiger partial charge in [0.25, 0.3) is 5.91 Å². The van der Waals surface area contributed by atoms with Crippen LogP contribution in [0.5, 0.6) is 0 Å². The van der Waals surface area contributed by atoms with Crippen molar-refractivity contribution < 1.29 is 9.90 Å². The maximum atomic E-state index is 12.7. The average molecular weight is 408 g/mol. The van der Waals surface area contributed by atoms with Gasteiger partial charge in [-0.05, 0) is 74.4 Å². The number of thiophene rings is 1. The molecule has 5 nitrogen and oxygen atoms in total. The van der Waals surface area contributed by atoms with Crippen LogP contribution >= 0.6 is 11.3 Å². The molecule has 0 bridgehead atoms. The zero-order valence-electron chi connectivity index (χ0n) is 16.4. The van der Waals surface area contributed by atoms with Gasteiger partial charge in [0.05, 0.1) is 22.2 Å². The third kappa shape index (κ3) is 4.52. The van der Waals surface area contributed by atoms with Gasteiger partial charge in [0.2, 0.25) is 0 Å². The van der Waals surface area contributed by atoms with Crippen molar-refractivity contribution in [2.24, 2.45) is 0 Å². The van der Waals surface area contributed by atoms with E-state index in [9.17, 15) is 15.2 Å². The van der Waals surface area contributed by atoms with Gasteiger partial charge in [-0.1, -0.05) is 6.08 Å². The van der Waals surface area contributed by atoms with Gasteiger partial charge < -0.3 is 15.3 Å². The highest BCUT2D eigenvalue weighted by atomic mass is 32.1. The summed E-state index contributed by atoms with van der Waals surface area (Å²) in [5.74, 6) is -0.143. The number of amides is 1. The number of anilines is 2. The Balaban J connectivity index is 1.46. The third-order valence-corrected chi connectivity index (χ3v) is 6.78. The third-order valence-electron chi connectivity index (χ3n) is 5.62. The van der Waals surface area contributed by atoms with E-state index in [1.807, 2.05) is 24.3 Å². The summed E-state index contributed by atoms with van der Waals surface area (Å²) in [6.45, 7) is 1.46. The lowest BCUT2D eigenvalue weighted by Crippen LogP contribution is -2.36. The molecule has 4 rings (SSSR count). The number of benzene rings is 1. The predicted molar refractivity (Wildman–Crippen MR) is 117 cm³/mol. The van der Waals surface area contributed by atoms with Crippen LogP contribution in [0.25, 0.3) is 5.57 Å². The number of aliphatic hydroxyl groups excluding tert-OH is 1. The fraction of sp³-hybridized carbons (Fsp3) is 0.391. The first kappa shape index (κ1) is 19.7. The number of carbonyl (C=O) groups excluding carboxylic acids is 1. The zero-order valence-corrected chi connectivity index (χ0v) is 17.2. The minimum Gasteiger partial charge on any atom is -0.393 e. The van der Waals surface area contributed by atoms with E-state index in [2.05, 4.69) is 22.4 Å². The summed E-state index contributed by atoms with van der Waals surface area (Å²) in [6.07, 6.45) is 8.11. The fourth-order valence-electron chi connectivity index (χ4n) is 3.97. The molecule has 0 atom stereocenters. The number of allylic oxidation sites excluding steroid dienone is 2. The van der Waals surface area contributed by atoms with Crippen molar-refractivity contribution in [1.29, 1.82) is 5.26 Å². The molecule has 150 valence electrons. The zero-order chi connectivity index (χ0) is 20.2. The first-order valence-electron chi connectivity index (χ1n) is 10.2. The van der Waals surface area contributed by atoms with Crippen LogP contribution in [-0.2, 0) is 0 Å². The molecule has 0 saturated carbocycles. The summed E-state index contributed by atoms with van der Waals surface area (Å²) in [4.78, 5) is 16.7. The number of nitrogens with one attached hydrogen (secondary N) is 1. The van der Waals surface area contributed by atoms with Crippen LogP contribution < -0.4 is 10.2 Å². The molecule has 1 amide bonds. The number of nitrogens with zero attached hydrogens (tertiary/aromatic N) is 2. The Labute approximate surface area is 175 Å². The normalized spacial score (nSPS) is 17.5. The van der Waals surface area contributed by atoms with Gasteiger partial charge in [-0.2, -0.15) is 5.26 Å². The molecule has 0 radical (unpaired) electrons. The molecule has 2 aliphatic rings. The Hall–Kier alpha value is -2.62. The van der Waals surface area contributed by atoms with Crippen LogP contribution in [0.3, 0.4) is 0 Å². The van der Waals surface area contributed by atoms with Crippen LogP contribution in [0.15, 0.2) is 36.4 Å². The maximum absolute atomic E-state index is 12.7. The number of nitriles is 1. The molecule has 1 aliphatic carbocycles. The van der Waals surface area contributed by atoms with Gasteiger partial charge in [-0.15, -0.1) is 11.3 Å². The molecule has 1 saturated heterocycles. The largest absolute Gasteiger partial charge is 0.393 e. The Kier molecular flexibility index (Phi) is 5.98. The molecule has 2 aromatic rings.